The standard InChI is InChI=1S/C24H32F5N5O4/c1-12(2)8-17(33-22(38)24(27,28)29)21(37)34-15-5-6-16(23(25,26)10-15)18(34)20(36)32-14(11-30)9-13-4-3-7-31-19(13)35/h12-18H,3-10H2,1-2H3,(H,31,35)(H,32,36)(H,33,38)/t13-,14+,15+,16+,17+,18-/m1/s1. The molecule has 3 N–H and O–H groups in total. The molecule has 9 nitrogen and oxygen atoms in total. The van der Waals surface area contributed by atoms with E-state index in [0.29, 0.717) is 19.4 Å². The third kappa shape index (κ3) is 6.53. The van der Waals surface area contributed by atoms with Crippen molar-refractivity contribution in [3.8, 4) is 6.07 Å². The molecular formula is C24H32F5N5O4. The molecule has 1 aliphatic carbocycles. The maximum absolute atomic E-state index is 14.9. The van der Waals surface area contributed by atoms with Crippen LogP contribution in [-0.4, -0.2) is 71.3 Å². The topological polar surface area (TPSA) is 131 Å². The summed E-state index contributed by atoms with van der Waals surface area (Å²) < 4.78 is 68.7. The van der Waals surface area contributed by atoms with Crippen molar-refractivity contribution in [1.82, 2.24) is 20.9 Å². The number of hydrogen-bond acceptors (Lipinski definition) is 5. The molecule has 6 atom stereocenters. The first-order chi connectivity index (χ1) is 17.7. The van der Waals surface area contributed by atoms with Crippen molar-refractivity contribution in [2.75, 3.05) is 6.54 Å². The number of alkyl halides is 5. The van der Waals surface area contributed by atoms with E-state index in [-0.39, 0.29) is 37.5 Å². The Hall–Kier alpha value is -2.98. The number of nitrogens with one attached hydrogen (secondary N) is 3. The number of carbonyl (C=O) groups is 4. The van der Waals surface area contributed by atoms with Crippen molar-refractivity contribution in [1.29, 1.82) is 5.26 Å². The van der Waals surface area contributed by atoms with E-state index in [1.165, 1.54) is 0 Å². The molecule has 4 fully saturated rings. The van der Waals surface area contributed by atoms with Crippen LogP contribution in [0.25, 0.3) is 0 Å². The van der Waals surface area contributed by atoms with E-state index in [1.807, 2.05) is 6.07 Å². The van der Waals surface area contributed by atoms with E-state index in [2.05, 4.69) is 10.6 Å². The van der Waals surface area contributed by atoms with Gasteiger partial charge in [0.05, 0.1) is 12.0 Å². The molecule has 0 unspecified atom stereocenters. The highest BCUT2D eigenvalue weighted by atomic mass is 19.4. The molecule has 0 aromatic heterocycles. The van der Waals surface area contributed by atoms with Gasteiger partial charge in [0.2, 0.25) is 17.7 Å². The Kier molecular flexibility index (Phi) is 8.88. The Labute approximate surface area is 216 Å². The van der Waals surface area contributed by atoms with Gasteiger partial charge in [-0.25, -0.2) is 8.78 Å². The molecule has 38 heavy (non-hydrogen) atoms. The smallest absolute Gasteiger partial charge is 0.356 e. The molecule has 1 saturated carbocycles. The van der Waals surface area contributed by atoms with Gasteiger partial charge in [-0.2, -0.15) is 18.4 Å². The highest BCUT2D eigenvalue weighted by molar-refractivity contribution is 5.94. The lowest BCUT2D eigenvalue weighted by Crippen LogP contribution is -2.71. The summed E-state index contributed by atoms with van der Waals surface area (Å²) in [4.78, 5) is 51.5. The van der Waals surface area contributed by atoms with Crippen molar-refractivity contribution in [3.05, 3.63) is 0 Å². The van der Waals surface area contributed by atoms with Crippen molar-refractivity contribution >= 4 is 23.6 Å². The normalized spacial score (nSPS) is 28.2. The monoisotopic (exact) mass is 549 g/mol. The number of rotatable bonds is 8. The van der Waals surface area contributed by atoms with Crippen LogP contribution >= 0.6 is 0 Å². The molecule has 14 heteroatoms. The van der Waals surface area contributed by atoms with E-state index < -0.39 is 72.2 Å². The fourth-order valence-electron chi connectivity index (χ4n) is 5.68. The average Bonchev–Trinajstić information content (AvgIpc) is 2.82. The zero-order chi connectivity index (χ0) is 28.4. The van der Waals surface area contributed by atoms with Gasteiger partial charge in [0, 0.05) is 24.9 Å². The van der Waals surface area contributed by atoms with Gasteiger partial charge in [-0.05, 0) is 44.4 Å². The van der Waals surface area contributed by atoms with Crippen molar-refractivity contribution < 1.29 is 41.1 Å². The Bertz CT molecular complexity index is 982. The zero-order valence-electron chi connectivity index (χ0n) is 21.1. The Morgan fingerprint density at radius 1 is 1.18 bits per heavy atom. The number of halogens is 5. The van der Waals surface area contributed by atoms with Gasteiger partial charge in [-0.3, -0.25) is 19.2 Å². The summed E-state index contributed by atoms with van der Waals surface area (Å²) in [6, 6.07) is -3.93. The molecule has 3 saturated heterocycles. The second-order valence-corrected chi connectivity index (χ2v) is 10.7. The van der Waals surface area contributed by atoms with Crippen LogP contribution < -0.4 is 16.0 Å². The maximum Gasteiger partial charge on any atom is 0.471 e. The highest BCUT2D eigenvalue weighted by Gasteiger charge is 2.61. The van der Waals surface area contributed by atoms with Gasteiger partial charge >= 0.3 is 12.1 Å². The van der Waals surface area contributed by atoms with Gasteiger partial charge < -0.3 is 20.9 Å². The predicted octanol–water partition coefficient (Wildman–Crippen LogP) is 2.02. The highest BCUT2D eigenvalue weighted by Crippen LogP contribution is 2.49. The lowest BCUT2D eigenvalue weighted by atomic mass is 9.71. The number of carbonyl (C=O) groups excluding carboxylic acids is 4. The van der Waals surface area contributed by atoms with E-state index in [0.717, 1.165) is 4.90 Å². The second-order valence-electron chi connectivity index (χ2n) is 10.7. The molecule has 212 valence electrons. The summed E-state index contributed by atoms with van der Waals surface area (Å²) in [7, 11) is 0. The summed E-state index contributed by atoms with van der Waals surface area (Å²) in [5.41, 5.74) is 0. The first-order valence-corrected chi connectivity index (χ1v) is 12.7. The molecule has 4 amide bonds. The molecule has 0 aromatic rings. The number of nitriles is 1. The summed E-state index contributed by atoms with van der Waals surface area (Å²) in [5, 5.41) is 16.3. The minimum atomic E-state index is -5.27. The van der Waals surface area contributed by atoms with E-state index in [1.54, 1.807) is 19.2 Å². The third-order valence-electron chi connectivity index (χ3n) is 7.42. The van der Waals surface area contributed by atoms with Crippen LogP contribution in [0.1, 0.15) is 58.8 Å². The van der Waals surface area contributed by atoms with Crippen LogP contribution in [0.4, 0.5) is 22.0 Å². The van der Waals surface area contributed by atoms with E-state index >= 15 is 0 Å². The molecule has 0 aromatic carbocycles. The number of amides is 4. The molecule has 0 radical (unpaired) electrons. The van der Waals surface area contributed by atoms with E-state index in [4.69, 9.17) is 0 Å². The van der Waals surface area contributed by atoms with Crippen LogP contribution in [0.3, 0.4) is 0 Å². The third-order valence-corrected chi connectivity index (χ3v) is 7.42. The van der Waals surface area contributed by atoms with Gasteiger partial charge in [-0.1, -0.05) is 13.8 Å². The molecule has 4 rings (SSSR count). The summed E-state index contributed by atoms with van der Waals surface area (Å²) in [6.07, 6.45) is -5.15. The number of piperidine rings is 3. The lowest BCUT2D eigenvalue weighted by Gasteiger charge is -2.54. The molecular weight excluding hydrogens is 517 g/mol. The minimum absolute atomic E-state index is 0.0587. The van der Waals surface area contributed by atoms with Crippen LogP contribution in [0, 0.1) is 29.1 Å². The Balaban J connectivity index is 1.87. The van der Waals surface area contributed by atoms with Gasteiger partial charge in [0.15, 0.2) is 0 Å². The summed E-state index contributed by atoms with van der Waals surface area (Å²) in [5.74, 6) is -10.6. The Morgan fingerprint density at radius 2 is 1.87 bits per heavy atom. The molecule has 4 aliphatic rings. The molecule has 2 bridgehead atoms. The Morgan fingerprint density at radius 3 is 2.42 bits per heavy atom. The molecule has 3 heterocycles. The first kappa shape index (κ1) is 29.6. The zero-order valence-corrected chi connectivity index (χ0v) is 21.1. The molecule has 3 aliphatic heterocycles. The maximum atomic E-state index is 14.9. The summed E-state index contributed by atoms with van der Waals surface area (Å²) >= 11 is 0. The van der Waals surface area contributed by atoms with Crippen molar-refractivity contribution in [2.45, 2.75) is 95.1 Å². The fraction of sp³-hybridized carbons (Fsp3) is 0.792. The van der Waals surface area contributed by atoms with Crippen LogP contribution in [0.2, 0.25) is 0 Å². The SMILES string of the molecule is CC(C)C[C@H](NC(=O)C(F)(F)F)C(=O)N1[C@H]2CC[C@@H]([C@@H]1C(=O)N[C@H](C#N)C[C@H]1CCCNC1=O)C(F)(F)C2. The predicted molar refractivity (Wildman–Crippen MR) is 122 cm³/mol. The van der Waals surface area contributed by atoms with Crippen LogP contribution in [0.5, 0.6) is 0 Å². The van der Waals surface area contributed by atoms with Crippen molar-refractivity contribution in [2.24, 2.45) is 17.8 Å². The quantitative estimate of drug-likeness (QED) is 0.399. The number of nitrogens with zero attached hydrogens (tertiary/aromatic N) is 2. The van der Waals surface area contributed by atoms with Gasteiger partial charge in [-0.15, -0.1) is 0 Å². The second kappa shape index (κ2) is 11.4. The average molecular weight is 550 g/mol. The number of fused-ring (bicyclic) bond motifs is 3. The minimum Gasteiger partial charge on any atom is -0.356 e. The van der Waals surface area contributed by atoms with Gasteiger partial charge in [0.1, 0.15) is 18.1 Å². The summed E-state index contributed by atoms with van der Waals surface area (Å²) in [6.45, 7) is 3.71. The van der Waals surface area contributed by atoms with Crippen LogP contribution in [-0.2, 0) is 19.2 Å². The van der Waals surface area contributed by atoms with Crippen LogP contribution in [0.15, 0.2) is 0 Å². The fourth-order valence-corrected chi connectivity index (χ4v) is 5.68. The van der Waals surface area contributed by atoms with Gasteiger partial charge in [0.25, 0.3) is 5.92 Å². The molecule has 0 spiro atoms. The largest absolute Gasteiger partial charge is 0.471 e. The lowest BCUT2D eigenvalue weighted by molar-refractivity contribution is -0.196. The van der Waals surface area contributed by atoms with E-state index in [9.17, 15) is 46.4 Å². The number of hydrogen-bond donors (Lipinski definition) is 3. The first-order valence-electron chi connectivity index (χ1n) is 12.7. The van der Waals surface area contributed by atoms with Crippen molar-refractivity contribution in [3.63, 3.8) is 0 Å².